The van der Waals surface area contributed by atoms with E-state index in [1.807, 2.05) is 67.2 Å². The number of hydrogen-bond donors (Lipinski definition) is 2. The number of anilines is 3. The molecule has 170 valence electrons. The average Bonchev–Trinajstić information content (AvgIpc) is 2.83. The standard InChI is InChI=1S/C25H26N4O3S/c1-3-4-11-23(30)26-17-7-6-10-20(15-17)32-24-21-16-33-13-12-22(21)28-25(29-24)27-18-8-5-9-19(14-18)31-2/h4-11,14-15H,3,12-13,16H2,1-2H3,(H,26,30)(H,27,28,29)/b11-4+. The van der Waals surface area contributed by atoms with Gasteiger partial charge in [-0.05, 0) is 48.9 Å². The molecule has 0 saturated heterocycles. The number of benzene rings is 2. The minimum atomic E-state index is -0.172. The number of carbonyl (C=O) groups excluding carboxylic acids is 1. The molecule has 2 heterocycles. The highest BCUT2D eigenvalue weighted by molar-refractivity contribution is 7.98. The molecule has 1 aliphatic rings. The van der Waals surface area contributed by atoms with Crippen molar-refractivity contribution in [3.05, 3.63) is 71.9 Å². The van der Waals surface area contributed by atoms with Gasteiger partial charge in [0.05, 0.1) is 12.8 Å². The Hall–Kier alpha value is -3.52. The number of amides is 1. The topological polar surface area (TPSA) is 85.4 Å². The van der Waals surface area contributed by atoms with Gasteiger partial charge in [0.15, 0.2) is 0 Å². The van der Waals surface area contributed by atoms with Crippen LogP contribution >= 0.6 is 11.8 Å². The Morgan fingerprint density at radius 1 is 1.12 bits per heavy atom. The number of methoxy groups -OCH3 is 1. The van der Waals surface area contributed by atoms with E-state index in [1.165, 1.54) is 6.08 Å². The zero-order valence-electron chi connectivity index (χ0n) is 18.6. The lowest BCUT2D eigenvalue weighted by Gasteiger charge is -2.19. The summed E-state index contributed by atoms with van der Waals surface area (Å²) < 4.78 is 11.5. The molecule has 7 nitrogen and oxygen atoms in total. The lowest BCUT2D eigenvalue weighted by Crippen LogP contribution is -2.11. The average molecular weight is 463 g/mol. The van der Waals surface area contributed by atoms with E-state index in [2.05, 4.69) is 15.6 Å². The third-order valence-corrected chi connectivity index (χ3v) is 5.92. The monoisotopic (exact) mass is 462 g/mol. The van der Waals surface area contributed by atoms with Crippen LogP contribution in [0.4, 0.5) is 17.3 Å². The zero-order valence-corrected chi connectivity index (χ0v) is 19.4. The fourth-order valence-electron chi connectivity index (χ4n) is 3.33. The van der Waals surface area contributed by atoms with Gasteiger partial charge >= 0.3 is 0 Å². The van der Waals surface area contributed by atoms with Gasteiger partial charge in [0.2, 0.25) is 17.7 Å². The van der Waals surface area contributed by atoms with Crippen LogP contribution in [-0.4, -0.2) is 28.7 Å². The van der Waals surface area contributed by atoms with Gasteiger partial charge in [-0.3, -0.25) is 4.79 Å². The molecule has 0 unspecified atom stereocenters. The first-order valence-electron chi connectivity index (χ1n) is 10.8. The second kappa shape index (κ2) is 10.9. The molecule has 1 amide bonds. The van der Waals surface area contributed by atoms with Crippen molar-refractivity contribution in [1.29, 1.82) is 0 Å². The minimum Gasteiger partial charge on any atom is -0.497 e. The summed E-state index contributed by atoms with van der Waals surface area (Å²) in [5.41, 5.74) is 3.47. The van der Waals surface area contributed by atoms with E-state index in [9.17, 15) is 4.79 Å². The Labute approximate surface area is 197 Å². The van der Waals surface area contributed by atoms with Crippen LogP contribution in [0.3, 0.4) is 0 Å². The zero-order chi connectivity index (χ0) is 23.0. The Balaban J connectivity index is 1.59. The Morgan fingerprint density at radius 2 is 1.91 bits per heavy atom. The quantitative estimate of drug-likeness (QED) is 0.414. The molecule has 1 aromatic heterocycles. The molecule has 0 radical (unpaired) electrons. The molecule has 0 aliphatic carbocycles. The van der Waals surface area contributed by atoms with E-state index in [-0.39, 0.29) is 5.91 Å². The fourth-order valence-corrected chi connectivity index (χ4v) is 4.31. The van der Waals surface area contributed by atoms with Crippen molar-refractivity contribution in [2.24, 2.45) is 0 Å². The third-order valence-electron chi connectivity index (χ3n) is 4.93. The number of rotatable bonds is 8. The van der Waals surface area contributed by atoms with Crippen molar-refractivity contribution < 1.29 is 14.3 Å². The summed E-state index contributed by atoms with van der Waals surface area (Å²) in [4.78, 5) is 21.4. The van der Waals surface area contributed by atoms with Crippen molar-refractivity contribution in [1.82, 2.24) is 9.97 Å². The third kappa shape index (κ3) is 6.04. The van der Waals surface area contributed by atoms with Gasteiger partial charge in [0.1, 0.15) is 11.5 Å². The molecular weight excluding hydrogens is 436 g/mol. The highest BCUT2D eigenvalue weighted by Gasteiger charge is 2.20. The number of nitrogens with one attached hydrogen (secondary N) is 2. The first kappa shape index (κ1) is 22.7. The van der Waals surface area contributed by atoms with Crippen LogP contribution in [0.5, 0.6) is 17.4 Å². The lowest BCUT2D eigenvalue weighted by atomic mass is 10.2. The second-order valence-electron chi connectivity index (χ2n) is 7.37. The highest BCUT2D eigenvalue weighted by atomic mass is 32.2. The van der Waals surface area contributed by atoms with Gasteiger partial charge in [0.25, 0.3) is 0 Å². The molecule has 4 rings (SSSR count). The summed E-state index contributed by atoms with van der Waals surface area (Å²) in [5.74, 6) is 3.96. The minimum absolute atomic E-state index is 0.172. The molecule has 3 aromatic rings. The van der Waals surface area contributed by atoms with Crippen LogP contribution in [-0.2, 0) is 17.0 Å². The SMILES string of the molecule is CC/C=C/C(=O)Nc1cccc(Oc2nc(Nc3cccc(OC)c3)nc3c2CSCC3)c1. The number of nitrogens with zero attached hydrogens (tertiary/aromatic N) is 2. The fraction of sp³-hybridized carbons (Fsp3) is 0.240. The number of thioether (sulfide) groups is 1. The normalized spacial score (nSPS) is 12.8. The maximum absolute atomic E-state index is 12.0. The molecule has 2 N–H and O–H groups in total. The Morgan fingerprint density at radius 3 is 2.73 bits per heavy atom. The summed E-state index contributed by atoms with van der Waals surface area (Å²) in [6.07, 6.45) is 5.00. The number of aryl methyl sites for hydroxylation is 1. The molecule has 2 aromatic carbocycles. The van der Waals surface area contributed by atoms with Crippen LogP contribution in [0.1, 0.15) is 24.6 Å². The van der Waals surface area contributed by atoms with Crippen molar-refractivity contribution >= 4 is 35.0 Å². The summed E-state index contributed by atoms with van der Waals surface area (Å²) in [5, 5.41) is 6.11. The van der Waals surface area contributed by atoms with Crippen molar-refractivity contribution in [3.8, 4) is 17.4 Å². The molecule has 1 aliphatic heterocycles. The van der Waals surface area contributed by atoms with E-state index < -0.39 is 0 Å². The molecule has 0 fully saturated rings. The van der Waals surface area contributed by atoms with Crippen LogP contribution < -0.4 is 20.1 Å². The van der Waals surface area contributed by atoms with Crippen LogP contribution in [0.25, 0.3) is 0 Å². The van der Waals surface area contributed by atoms with Crippen molar-refractivity contribution in [3.63, 3.8) is 0 Å². The van der Waals surface area contributed by atoms with E-state index in [4.69, 9.17) is 14.5 Å². The van der Waals surface area contributed by atoms with Gasteiger partial charge in [-0.1, -0.05) is 25.1 Å². The van der Waals surface area contributed by atoms with Gasteiger partial charge in [-0.15, -0.1) is 0 Å². The van der Waals surface area contributed by atoms with E-state index >= 15 is 0 Å². The number of carbonyl (C=O) groups is 1. The maximum Gasteiger partial charge on any atom is 0.248 e. The molecule has 0 spiro atoms. The Kier molecular flexibility index (Phi) is 7.47. The molecular formula is C25H26N4O3S. The summed E-state index contributed by atoms with van der Waals surface area (Å²) in [6.45, 7) is 1.98. The van der Waals surface area contributed by atoms with Crippen LogP contribution in [0.2, 0.25) is 0 Å². The largest absolute Gasteiger partial charge is 0.497 e. The van der Waals surface area contributed by atoms with Crippen molar-refractivity contribution in [2.75, 3.05) is 23.5 Å². The molecule has 33 heavy (non-hydrogen) atoms. The highest BCUT2D eigenvalue weighted by Crippen LogP contribution is 2.34. The second-order valence-corrected chi connectivity index (χ2v) is 8.47. The number of ether oxygens (including phenoxy) is 2. The first-order chi connectivity index (χ1) is 16.1. The first-order valence-corrected chi connectivity index (χ1v) is 11.9. The van der Waals surface area contributed by atoms with Gasteiger partial charge in [0, 0.05) is 34.8 Å². The van der Waals surface area contributed by atoms with Crippen molar-refractivity contribution in [2.45, 2.75) is 25.5 Å². The number of fused-ring (bicyclic) bond motifs is 1. The number of allylic oxidation sites excluding steroid dienone is 1. The number of hydrogen-bond acceptors (Lipinski definition) is 7. The Bertz CT molecular complexity index is 1170. The summed E-state index contributed by atoms with van der Waals surface area (Å²) >= 11 is 1.83. The summed E-state index contributed by atoms with van der Waals surface area (Å²) in [6, 6.07) is 14.9. The van der Waals surface area contributed by atoms with Crippen LogP contribution in [0.15, 0.2) is 60.7 Å². The van der Waals surface area contributed by atoms with E-state index in [0.717, 1.165) is 47.0 Å². The predicted molar refractivity (Wildman–Crippen MR) is 133 cm³/mol. The van der Waals surface area contributed by atoms with E-state index in [0.29, 0.717) is 23.3 Å². The van der Waals surface area contributed by atoms with E-state index in [1.54, 1.807) is 13.2 Å². The lowest BCUT2D eigenvalue weighted by molar-refractivity contribution is -0.111. The number of aromatic nitrogens is 2. The van der Waals surface area contributed by atoms with Gasteiger partial charge in [-0.2, -0.15) is 16.7 Å². The molecule has 8 heteroatoms. The maximum atomic E-state index is 12.0. The molecule has 0 atom stereocenters. The van der Waals surface area contributed by atoms with Gasteiger partial charge < -0.3 is 20.1 Å². The summed E-state index contributed by atoms with van der Waals surface area (Å²) in [7, 11) is 1.63. The molecule has 0 saturated carbocycles. The molecule has 0 bridgehead atoms. The van der Waals surface area contributed by atoms with Crippen LogP contribution in [0, 0.1) is 0 Å². The van der Waals surface area contributed by atoms with Gasteiger partial charge in [-0.25, -0.2) is 4.98 Å². The predicted octanol–water partition coefficient (Wildman–Crippen LogP) is 5.72. The smallest absolute Gasteiger partial charge is 0.248 e.